The Hall–Kier alpha value is -1.24. The predicted octanol–water partition coefficient (Wildman–Crippen LogP) is 3.00. The number of benzene rings is 1. The van der Waals surface area contributed by atoms with E-state index in [4.69, 9.17) is 0 Å². The molecule has 1 saturated heterocycles. The van der Waals surface area contributed by atoms with Crippen molar-refractivity contribution >= 4 is 22.0 Å². The minimum atomic E-state index is -3.35. The van der Waals surface area contributed by atoms with E-state index in [-0.39, 0.29) is 10.0 Å². The quantitative estimate of drug-likeness (QED) is 0.866. The number of carbonyl (C=O) groups is 1. The Morgan fingerprint density at radius 2 is 2.18 bits per heavy atom. The highest BCUT2D eigenvalue weighted by Crippen LogP contribution is 2.36. The van der Waals surface area contributed by atoms with E-state index in [2.05, 4.69) is 20.7 Å². The van der Waals surface area contributed by atoms with Crippen LogP contribution in [0.2, 0.25) is 0 Å². The maximum atomic E-state index is 13.7. The Balaban J connectivity index is 2.43. The molecule has 1 amide bonds. The molecule has 1 aliphatic heterocycles. The average molecular weight is 310 g/mol. The Labute approximate surface area is 103 Å². The minimum absolute atomic E-state index is 0.0616. The zero-order chi connectivity index (χ0) is 12.6. The molecule has 0 spiro atoms. The van der Waals surface area contributed by atoms with Gasteiger partial charge in [-0.3, -0.25) is 0 Å². The molecule has 17 heavy (non-hydrogen) atoms. The van der Waals surface area contributed by atoms with Crippen molar-refractivity contribution in [2.75, 3.05) is 6.61 Å². The fraction of sp³-hybridized carbons (Fsp3) is 0.300. The second kappa shape index (κ2) is 4.21. The molecule has 1 aliphatic rings. The fourth-order valence-electron chi connectivity index (χ4n) is 1.56. The number of ether oxygens (including phenoxy) is 1. The Kier molecular flexibility index (Phi) is 3.03. The topological polar surface area (TPSA) is 38.3 Å². The Bertz CT molecular complexity index is 467. The maximum absolute atomic E-state index is 13.7. The molecule has 0 aliphatic carbocycles. The minimum Gasteiger partial charge on any atom is -0.443 e. The van der Waals surface area contributed by atoms with Gasteiger partial charge in [-0.2, -0.15) is 0 Å². The molecule has 1 N–H and O–H groups in total. The van der Waals surface area contributed by atoms with Gasteiger partial charge in [-0.05, 0) is 22.0 Å². The van der Waals surface area contributed by atoms with Gasteiger partial charge in [0.25, 0.3) is 0 Å². The highest BCUT2D eigenvalue weighted by Gasteiger charge is 2.47. The lowest BCUT2D eigenvalue weighted by molar-refractivity contribution is -0.105. The van der Waals surface area contributed by atoms with Crippen molar-refractivity contribution in [2.24, 2.45) is 0 Å². The van der Waals surface area contributed by atoms with Crippen molar-refractivity contribution in [2.45, 2.75) is 12.0 Å². The van der Waals surface area contributed by atoms with Gasteiger partial charge in [0.15, 0.2) is 6.61 Å². The van der Waals surface area contributed by atoms with Gasteiger partial charge in [0.2, 0.25) is 0 Å². The second-order valence-electron chi connectivity index (χ2n) is 3.56. The number of nitrogens with one attached hydrogen (secondary N) is 1. The predicted molar refractivity (Wildman–Crippen MR) is 56.3 cm³/mol. The van der Waals surface area contributed by atoms with Crippen LogP contribution in [0.4, 0.5) is 18.0 Å². The van der Waals surface area contributed by atoms with Crippen molar-refractivity contribution in [1.82, 2.24) is 5.32 Å². The van der Waals surface area contributed by atoms with Crippen LogP contribution in [0.1, 0.15) is 11.6 Å². The monoisotopic (exact) mass is 309 g/mol. The van der Waals surface area contributed by atoms with Gasteiger partial charge in [0.1, 0.15) is 11.9 Å². The summed E-state index contributed by atoms with van der Waals surface area (Å²) in [6.07, 6.45) is -0.986. The number of cyclic esters (lactones) is 1. The van der Waals surface area contributed by atoms with Crippen LogP contribution in [0.3, 0.4) is 0 Å². The third kappa shape index (κ3) is 2.24. The molecule has 1 fully saturated rings. The highest BCUT2D eigenvalue weighted by atomic mass is 79.9. The third-order valence-electron chi connectivity index (χ3n) is 2.37. The van der Waals surface area contributed by atoms with E-state index in [1.54, 1.807) is 0 Å². The molecular formula is C10H7BrF3NO2. The summed E-state index contributed by atoms with van der Waals surface area (Å²) in [6, 6.07) is 2.28. The van der Waals surface area contributed by atoms with Crippen molar-refractivity contribution in [3.63, 3.8) is 0 Å². The van der Waals surface area contributed by atoms with E-state index >= 15 is 0 Å². The van der Waals surface area contributed by atoms with Gasteiger partial charge < -0.3 is 10.1 Å². The molecule has 1 aromatic carbocycles. The number of halogens is 4. The van der Waals surface area contributed by atoms with Crippen LogP contribution >= 0.6 is 15.9 Å². The van der Waals surface area contributed by atoms with E-state index in [0.717, 1.165) is 0 Å². The van der Waals surface area contributed by atoms with E-state index in [1.165, 1.54) is 18.2 Å². The summed E-state index contributed by atoms with van der Waals surface area (Å²) in [5.41, 5.74) is -0.277. The van der Waals surface area contributed by atoms with Crippen LogP contribution in [0.25, 0.3) is 0 Å². The standard InChI is InChI=1S/C10H7BrF3NO2/c11-6-3-1-2-5(7(6)12)8-10(13,14)4-17-9(16)15-8/h1-3,8H,4H2,(H,15,16)/t8-/m0/s1. The molecule has 92 valence electrons. The molecule has 0 saturated carbocycles. The summed E-state index contributed by atoms with van der Waals surface area (Å²) < 4.78 is 45.0. The molecule has 3 nitrogen and oxygen atoms in total. The van der Waals surface area contributed by atoms with Gasteiger partial charge in [0.05, 0.1) is 4.47 Å². The SMILES string of the molecule is O=C1N[C@@H](c2cccc(Br)c2F)C(F)(F)CO1. The zero-order valence-corrected chi connectivity index (χ0v) is 9.93. The Morgan fingerprint density at radius 1 is 1.47 bits per heavy atom. The normalized spacial score (nSPS) is 22.8. The number of rotatable bonds is 1. The molecule has 1 aromatic rings. The van der Waals surface area contributed by atoms with Crippen LogP contribution in [-0.4, -0.2) is 18.6 Å². The lowest BCUT2D eigenvalue weighted by Gasteiger charge is -2.32. The molecule has 7 heteroatoms. The van der Waals surface area contributed by atoms with Crippen LogP contribution in [0.5, 0.6) is 0 Å². The number of alkyl carbamates (subject to hydrolysis) is 1. The van der Waals surface area contributed by atoms with Crippen molar-refractivity contribution in [3.8, 4) is 0 Å². The molecule has 1 atom stereocenters. The largest absolute Gasteiger partial charge is 0.443 e. The van der Waals surface area contributed by atoms with E-state index < -0.39 is 30.5 Å². The van der Waals surface area contributed by atoms with Gasteiger partial charge in [-0.25, -0.2) is 18.0 Å². The lowest BCUT2D eigenvalue weighted by Crippen LogP contribution is -2.49. The number of hydrogen-bond acceptors (Lipinski definition) is 2. The summed E-state index contributed by atoms with van der Waals surface area (Å²) in [5, 5.41) is 1.92. The summed E-state index contributed by atoms with van der Waals surface area (Å²) in [5.74, 6) is -4.17. The number of hydrogen-bond donors (Lipinski definition) is 1. The summed E-state index contributed by atoms with van der Waals surface area (Å²) in [4.78, 5) is 10.9. The summed E-state index contributed by atoms with van der Waals surface area (Å²) in [7, 11) is 0. The van der Waals surface area contributed by atoms with Crippen molar-refractivity contribution in [1.29, 1.82) is 0 Å². The molecule has 1 heterocycles. The number of amides is 1. The van der Waals surface area contributed by atoms with Crippen LogP contribution in [0, 0.1) is 5.82 Å². The first-order valence-electron chi connectivity index (χ1n) is 4.67. The molecule has 0 unspecified atom stereocenters. The lowest BCUT2D eigenvalue weighted by atomic mass is 9.99. The molecule has 0 radical (unpaired) electrons. The smallest absolute Gasteiger partial charge is 0.408 e. The first kappa shape index (κ1) is 12.2. The number of carbonyl (C=O) groups excluding carboxylic acids is 1. The van der Waals surface area contributed by atoms with Crippen molar-refractivity contribution < 1.29 is 22.7 Å². The molecule has 0 aromatic heterocycles. The Morgan fingerprint density at radius 3 is 2.88 bits per heavy atom. The van der Waals surface area contributed by atoms with Gasteiger partial charge in [-0.1, -0.05) is 12.1 Å². The third-order valence-corrected chi connectivity index (χ3v) is 2.99. The zero-order valence-electron chi connectivity index (χ0n) is 8.34. The fourth-order valence-corrected chi connectivity index (χ4v) is 1.94. The van der Waals surface area contributed by atoms with Crippen LogP contribution in [-0.2, 0) is 4.74 Å². The van der Waals surface area contributed by atoms with Gasteiger partial charge >= 0.3 is 12.0 Å². The van der Waals surface area contributed by atoms with Crippen LogP contribution in [0.15, 0.2) is 22.7 Å². The highest BCUT2D eigenvalue weighted by molar-refractivity contribution is 9.10. The molecular weight excluding hydrogens is 303 g/mol. The molecule has 0 bridgehead atoms. The first-order valence-corrected chi connectivity index (χ1v) is 5.46. The average Bonchev–Trinajstić information content (AvgIpc) is 2.26. The maximum Gasteiger partial charge on any atom is 0.408 e. The van der Waals surface area contributed by atoms with Gasteiger partial charge in [-0.15, -0.1) is 0 Å². The summed E-state index contributed by atoms with van der Waals surface area (Å²) >= 11 is 2.90. The first-order chi connectivity index (χ1) is 7.92. The van der Waals surface area contributed by atoms with Gasteiger partial charge in [0, 0.05) is 5.56 Å². The molecule has 2 rings (SSSR count). The van der Waals surface area contributed by atoms with Crippen LogP contribution < -0.4 is 5.32 Å². The number of alkyl halides is 2. The van der Waals surface area contributed by atoms with E-state index in [1.807, 2.05) is 5.32 Å². The van der Waals surface area contributed by atoms with E-state index in [0.29, 0.717) is 0 Å². The van der Waals surface area contributed by atoms with E-state index in [9.17, 15) is 18.0 Å². The second-order valence-corrected chi connectivity index (χ2v) is 4.41. The van der Waals surface area contributed by atoms with Crippen molar-refractivity contribution in [3.05, 3.63) is 34.1 Å². The summed E-state index contributed by atoms with van der Waals surface area (Å²) in [6.45, 7) is -1.06.